The average Bonchev–Trinajstić information content (AvgIpc) is 3.46. The molecule has 0 radical (unpaired) electrons. The first kappa shape index (κ1) is 32.0. The third-order valence-corrected chi connectivity index (χ3v) is 10.6. The van der Waals surface area contributed by atoms with Crippen molar-refractivity contribution in [3.63, 3.8) is 0 Å². The fourth-order valence-corrected chi connectivity index (χ4v) is 7.60. The molecule has 1 aromatic heterocycles. The van der Waals surface area contributed by atoms with Gasteiger partial charge in [0.15, 0.2) is 5.82 Å². The molecule has 0 spiro atoms. The maximum absolute atomic E-state index is 9.50. The van der Waals surface area contributed by atoms with E-state index in [-0.39, 0.29) is 5.41 Å². The number of aromatic nitrogens is 2. The molecular weight excluding hydrogens is 643 g/mol. The van der Waals surface area contributed by atoms with Crippen molar-refractivity contribution in [1.82, 2.24) is 9.97 Å². The Morgan fingerprint density at radius 3 is 1.34 bits per heavy atom. The minimum absolute atomic E-state index is 0.172. The van der Waals surface area contributed by atoms with Crippen LogP contribution in [0.25, 0.3) is 78.4 Å². The molecule has 0 amide bonds. The Morgan fingerprint density at radius 1 is 0.396 bits per heavy atom. The van der Waals surface area contributed by atoms with E-state index in [9.17, 15) is 5.26 Å². The van der Waals surface area contributed by atoms with E-state index >= 15 is 0 Å². The fraction of sp³-hybridized carbons (Fsp3) is 0.0600. The molecule has 3 heteroatoms. The molecule has 9 rings (SSSR count). The predicted octanol–water partition coefficient (Wildman–Crippen LogP) is 12.7. The van der Waals surface area contributed by atoms with E-state index in [4.69, 9.17) is 9.97 Å². The van der Waals surface area contributed by atoms with Gasteiger partial charge >= 0.3 is 0 Å². The highest BCUT2D eigenvalue weighted by molar-refractivity contribution is 5.84. The largest absolute Gasteiger partial charge is 0.228 e. The van der Waals surface area contributed by atoms with E-state index in [1.165, 1.54) is 38.9 Å². The normalized spacial score (nSPS) is 12.5. The van der Waals surface area contributed by atoms with Gasteiger partial charge in [-0.3, -0.25) is 0 Å². The second-order valence-electron chi connectivity index (χ2n) is 14.2. The molecule has 0 atom stereocenters. The summed E-state index contributed by atoms with van der Waals surface area (Å²) in [7, 11) is 0. The number of fused-ring (bicyclic) bond motifs is 3. The summed E-state index contributed by atoms with van der Waals surface area (Å²) < 4.78 is 0. The molecule has 0 fully saturated rings. The Bertz CT molecular complexity index is 2650. The molecule has 53 heavy (non-hydrogen) atoms. The van der Waals surface area contributed by atoms with E-state index < -0.39 is 0 Å². The number of hydrogen-bond donors (Lipinski definition) is 0. The maximum Gasteiger partial charge on any atom is 0.160 e. The van der Waals surface area contributed by atoms with Crippen molar-refractivity contribution in [1.29, 1.82) is 5.26 Å². The van der Waals surface area contributed by atoms with Crippen LogP contribution in [0.2, 0.25) is 0 Å². The van der Waals surface area contributed by atoms with Gasteiger partial charge in [-0.15, -0.1) is 0 Å². The predicted molar refractivity (Wildman–Crippen MR) is 217 cm³/mol. The zero-order chi connectivity index (χ0) is 35.9. The summed E-state index contributed by atoms with van der Waals surface area (Å²) in [5.74, 6) is 0.700. The second-order valence-corrected chi connectivity index (χ2v) is 14.2. The zero-order valence-electron chi connectivity index (χ0n) is 29.6. The van der Waals surface area contributed by atoms with Crippen molar-refractivity contribution in [2.75, 3.05) is 0 Å². The third kappa shape index (κ3) is 5.91. The van der Waals surface area contributed by atoms with E-state index in [1.807, 2.05) is 36.4 Å². The first-order valence-electron chi connectivity index (χ1n) is 18.0. The first-order chi connectivity index (χ1) is 25.9. The van der Waals surface area contributed by atoms with Crippen LogP contribution in [0.15, 0.2) is 176 Å². The van der Waals surface area contributed by atoms with Gasteiger partial charge in [-0.25, -0.2) is 9.97 Å². The molecular formula is C50H35N3. The van der Waals surface area contributed by atoms with Crippen LogP contribution < -0.4 is 0 Å². The Morgan fingerprint density at radius 2 is 0.792 bits per heavy atom. The van der Waals surface area contributed by atoms with Crippen molar-refractivity contribution in [3.05, 3.63) is 193 Å². The van der Waals surface area contributed by atoms with Gasteiger partial charge in [-0.1, -0.05) is 166 Å². The molecule has 0 aliphatic heterocycles. The monoisotopic (exact) mass is 677 g/mol. The number of benzene rings is 7. The van der Waals surface area contributed by atoms with Crippen LogP contribution in [0.4, 0.5) is 0 Å². The average molecular weight is 678 g/mol. The highest BCUT2D eigenvalue weighted by Crippen LogP contribution is 2.50. The lowest BCUT2D eigenvalue weighted by Crippen LogP contribution is -2.15. The molecule has 0 saturated heterocycles. The summed E-state index contributed by atoms with van der Waals surface area (Å²) in [4.78, 5) is 10.1. The van der Waals surface area contributed by atoms with Crippen LogP contribution in [-0.2, 0) is 5.41 Å². The topological polar surface area (TPSA) is 49.6 Å². The SMILES string of the molecule is CC1(C)c2cc(C#N)ccc2-c2ccc(-c3ccc(-c4ccc(-c5cc(-c6ccccc6)nc(-c6ccc(-c7ccccc7)cc6)n5)cc4)cc3)cc21. The molecule has 1 aliphatic rings. The maximum atomic E-state index is 9.50. The standard InChI is InChI=1S/C50H35N3/c1-50(2)45-29-33(32-51)13-27-43(45)44-28-26-42(30-46(44)50)38-16-14-36(15-17-38)37-18-22-40(23-19-37)48-31-47(39-11-7-4-8-12-39)52-49(53-48)41-24-20-35(21-25-41)34-9-5-3-6-10-34/h3-31H,1-2H3. The van der Waals surface area contributed by atoms with Gasteiger partial charge in [0.2, 0.25) is 0 Å². The summed E-state index contributed by atoms with van der Waals surface area (Å²) in [6.07, 6.45) is 0. The molecule has 1 heterocycles. The zero-order valence-corrected chi connectivity index (χ0v) is 29.6. The van der Waals surface area contributed by atoms with Gasteiger partial charge in [-0.05, 0) is 79.9 Å². The third-order valence-electron chi connectivity index (χ3n) is 10.6. The van der Waals surface area contributed by atoms with E-state index in [0.717, 1.165) is 44.8 Å². The molecule has 0 bridgehead atoms. The van der Waals surface area contributed by atoms with Gasteiger partial charge in [0.1, 0.15) is 0 Å². The van der Waals surface area contributed by atoms with Crippen LogP contribution in [0.5, 0.6) is 0 Å². The van der Waals surface area contributed by atoms with Crippen LogP contribution in [-0.4, -0.2) is 9.97 Å². The smallest absolute Gasteiger partial charge is 0.160 e. The summed E-state index contributed by atoms with van der Waals surface area (Å²) in [6.45, 7) is 4.51. The molecule has 8 aromatic rings. The molecule has 7 aromatic carbocycles. The van der Waals surface area contributed by atoms with Crippen molar-refractivity contribution >= 4 is 0 Å². The van der Waals surface area contributed by atoms with Crippen molar-refractivity contribution in [3.8, 4) is 84.5 Å². The Labute approximate surface area is 310 Å². The van der Waals surface area contributed by atoms with Gasteiger partial charge in [0.05, 0.1) is 23.0 Å². The second kappa shape index (κ2) is 13.0. The number of nitrogens with zero attached hydrogens (tertiary/aromatic N) is 3. The molecule has 0 unspecified atom stereocenters. The van der Waals surface area contributed by atoms with E-state index in [1.54, 1.807) is 0 Å². The molecule has 250 valence electrons. The molecule has 3 nitrogen and oxygen atoms in total. The van der Waals surface area contributed by atoms with Crippen LogP contribution in [0, 0.1) is 11.3 Å². The summed E-state index contributed by atoms with van der Waals surface area (Å²) in [6, 6.07) is 63.9. The summed E-state index contributed by atoms with van der Waals surface area (Å²) >= 11 is 0. The van der Waals surface area contributed by atoms with Gasteiger partial charge in [0.25, 0.3) is 0 Å². The highest BCUT2D eigenvalue weighted by Gasteiger charge is 2.35. The molecule has 0 N–H and O–H groups in total. The van der Waals surface area contributed by atoms with E-state index in [0.29, 0.717) is 11.4 Å². The molecule has 0 saturated carbocycles. The Kier molecular flexibility index (Phi) is 7.87. The van der Waals surface area contributed by atoms with Gasteiger partial charge in [0, 0.05) is 22.1 Å². The van der Waals surface area contributed by atoms with Crippen LogP contribution >= 0.6 is 0 Å². The first-order valence-corrected chi connectivity index (χ1v) is 18.0. The van der Waals surface area contributed by atoms with Gasteiger partial charge in [-0.2, -0.15) is 5.26 Å². The lowest BCUT2D eigenvalue weighted by molar-refractivity contribution is 0.660. The number of hydrogen-bond acceptors (Lipinski definition) is 3. The van der Waals surface area contributed by atoms with E-state index in [2.05, 4.69) is 159 Å². The number of rotatable bonds is 6. The highest BCUT2D eigenvalue weighted by atomic mass is 14.9. The molecule has 1 aliphatic carbocycles. The van der Waals surface area contributed by atoms with Crippen molar-refractivity contribution in [2.24, 2.45) is 0 Å². The van der Waals surface area contributed by atoms with Crippen LogP contribution in [0.3, 0.4) is 0 Å². The number of nitriles is 1. The quantitative estimate of drug-likeness (QED) is 0.176. The lowest BCUT2D eigenvalue weighted by atomic mass is 9.81. The van der Waals surface area contributed by atoms with Gasteiger partial charge < -0.3 is 0 Å². The lowest BCUT2D eigenvalue weighted by Gasteiger charge is -2.22. The minimum atomic E-state index is -0.172. The summed E-state index contributed by atoms with van der Waals surface area (Å²) in [5.41, 5.74) is 17.4. The fourth-order valence-electron chi connectivity index (χ4n) is 7.60. The summed E-state index contributed by atoms with van der Waals surface area (Å²) in [5, 5.41) is 9.50. The Balaban J connectivity index is 0.999. The van der Waals surface area contributed by atoms with Crippen molar-refractivity contribution in [2.45, 2.75) is 19.3 Å². The van der Waals surface area contributed by atoms with Crippen LogP contribution in [0.1, 0.15) is 30.5 Å². The minimum Gasteiger partial charge on any atom is -0.228 e. The Hall–Kier alpha value is -6.89. The van der Waals surface area contributed by atoms with Crippen molar-refractivity contribution < 1.29 is 0 Å².